The molecular weight excluding hydrogens is 246 g/mol. The molecule has 3 unspecified atom stereocenters. The Kier molecular flexibility index (Phi) is 5.90. The summed E-state index contributed by atoms with van der Waals surface area (Å²) in [4.78, 5) is 0. The van der Waals surface area contributed by atoms with Crippen LogP contribution in [0, 0.1) is 17.8 Å². The third-order valence-corrected chi connectivity index (χ3v) is 5.09. The molecule has 20 heavy (non-hydrogen) atoms. The summed E-state index contributed by atoms with van der Waals surface area (Å²) in [5.41, 5.74) is 7.39. The van der Waals surface area contributed by atoms with Gasteiger partial charge in [-0.25, -0.2) is 0 Å². The largest absolute Gasteiger partial charge is 0.497 e. The monoisotopic (exact) mass is 275 g/mol. The average Bonchev–Trinajstić information content (AvgIpc) is 2.53. The fourth-order valence-electron chi connectivity index (χ4n) is 3.60. The van der Waals surface area contributed by atoms with E-state index in [1.807, 2.05) is 0 Å². The first-order valence-corrected chi connectivity index (χ1v) is 8.09. The molecule has 2 nitrogen and oxygen atoms in total. The molecular formula is C18H29NO. The Labute approximate surface area is 123 Å². The molecule has 112 valence electrons. The molecule has 0 bridgehead atoms. The van der Waals surface area contributed by atoms with Crippen molar-refractivity contribution in [2.45, 2.75) is 45.4 Å². The van der Waals surface area contributed by atoms with Gasteiger partial charge < -0.3 is 10.5 Å². The second-order valence-electron chi connectivity index (χ2n) is 6.23. The van der Waals surface area contributed by atoms with E-state index in [0.717, 1.165) is 30.0 Å². The van der Waals surface area contributed by atoms with Gasteiger partial charge in [0.15, 0.2) is 0 Å². The number of hydrogen-bond acceptors (Lipinski definition) is 2. The lowest BCUT2D eigenvalue weighted by atomic mass is 9.71. The van der Waals surface area contributed by atoms with Gasteiger partial charge in [-0.1, -0.05) is 31.9 Å². The quantitative estimate of drug-likeness (QED) is 0.850. The first kappa shape index (κ1) is 15.4. The molecule has 0 aromatic heterocycles. The molecule has 0 heterocycles. The van der Waals surface area contributed by atoms with Gasteiger partial charge in [-0.3, -0.25) is 0 Å². The Morgan fingerprint density at radius 3 is 2.50 bits per heavy atom. The highest BCUT2D eigenvalue weighted by Crippen LogP contribution is 2.37. The lowest BCUT2D eigenvalue weighted by Gasteiger charge is -2.35. The Morgan fingerprint density at radius 2 is 1.90 bits per heavy atom. The van der Waals surface area contributed by atoms with Crippen LogP contribution in [0.2, 0.25) is 0 Å². The van der Waals surface area contributed by atoms with Gasteiger partial charge in [0.25, 0.3) is 0 Å². The van der Waals surface area contributed by atoms with Crippen LogP contribution in [0.1, 0.15) is 44.6 Å². The molecule has 1 aromatic carbocycles. The van der Waals surface area contributed by atoms with Gasteiger partial charge >= 0.3 is 0 Å². The predicted octanol–water partition coefficient (Wildman–Crippen LogP) is 4.03. The second kappa shape index (κ2) is 7.68. The lowest BCUT2D eigenvalue weighted by Crippen LogP contribution is -2.30. The molecule has 1 aliphatic rings. The summed E-state index contributed by atoms with van der Waals surface area (Å²) in [6, 6.07) is 8.50. The molecule has 2 N–H and O–H groups in total. The molecule has 0 spiro atoms. The van der Waals surface area contributed by atoms with E-state index in [2.05, 4.69) is 31.2 Å². The number of benzene rings is 1. The summed E-state index contributed by atoms with van der Waals surface area (Å²) in [5, 5.41) is 0. The SMILES string of the molecule is CCC1CCC(CN)C(CCc2ccc(OC)cc2)C1. The first-order chi connectivity index (χ1) is 9.76. The number of nitrogens with two attached hydrogens (primary N) is 1. The van der Waals surface area contributed by atoms with Gasteiger partial charge in [0.1, 0.15) is 5.75 Å². The van der Waals surface area contributed by atoms with E-state index in [1.165, 1.54) is 44.1 Å². The van der Waals surface area contributed by atoms with E-state index in [0.29, 0.717) is 0 Å². The molecule has 0 amide bonds. The molecule has 2 heteroatoms. The number of ether oxygens (including phenoxy) is 1. The van der Waals surface area contributed by atoms with E-state index >= 15 is 0 Å². The third-order valence-electron chi connectivity index (χ3n) is 5.09. The van der Waals surface area contributed by atoms with Crippen LogP contribution in [0.4, 0.5) is 0 Å². The Hall–Kier alpha value is -1.02. The summed E-state index contributed by atoms with van der Waals surface area (Å²) < 4.78 is 5.21. The summed E-state index contributed by atoms with van der Waals surface area (Å²) in [6.45, 7) is 3.19. The zero-order valence-electron chi connectivity index (χ0n) is 13.0. The second-order valence-corrected chi connectivity index (χ2v) is 6.23. The van der Waals surface area contributed by atoms with Crippen molar-refractivity contribution in [2.75, 3.05) is 13.7 Å². The predicted molar refractivity (Wildman–Crippen MR) is 85.0 cm³/mol. The van der Waals surface area contributed by atoms with Crippen LogP contribution in [-0.4, -0.2) is 13.7 Å². The summed E-state index contributed by atoms with van der Waals surface area (Å²) in [5.74, 6) is 3.44. The minimum atomic E-state index is 0.746. The van der Waals surface area contributed by atoms with Crippen molar-refractivity contribution in [2.24, 2.45) is 23.5 Å². The number of rotatable bonds is 6. The maximum Gasteiger partial charge on any atom is 0.118 e. The van der Waals surface area contributed by atoms with Gasteiger partial charge in [0.05, 0.1) is 7.11 Å². The van der Waals surface area contributed by atoms with Crippen molar-refractivity contribution in [1.29, 1.82) is 0 Å². The number of methoxy groups -OCH3 is 1. The van der Waals surface area contributed by atoms with Gasteiger partial charge in [0, 0.05) is 0 Å². The summed E-state index contributed by atoms with van der Waals surface area (Å²) >= 11 is 0. The molecule has 3 atom stereocenters. The Balaban J connectivity index is 1.89. The topological polar surface area (TPSA) is 35.2 Å². The van der Waals surface area contributed by atoms with Crippen LogP contribution in [-0.2, 0) is 6.42 Å². The number of aryl methyl sites for hydroxylation is 1. The van der Waals surface area contributed by atoms with Crippen LogP contribution < -0.4 is 10.5 Å². The van der Waals surface area contributed by atoms with Crippen LogP contribution >= 0.6 is 0 Å². The van der Waals surface area contributed by atoms with Crippen LogP contribution in [0.15, 0.2) is 24.3 Å². The van der Waals surface area contributed by atoms with Crippen LogP contribution in [0.25, 0.3) is 0 Å². The molecule has 1 fully saturated rings. The van der Waals surface area contributed by atoms with Crippen molar-refractivity contribution < 1.29 is 4.74 Å². The minimum Gasteiger partial charge on any atom is -0.497 e. The van der Waals surface area contributed by atoms with Crippen molar-refractivity contribution in [3.8, 4) is 5.75 Å². The fraction of sp³-hybridized carbons (Fsp3) is 0.667. The van der Waals surface area contributed by atoms with Gasteiger partial charge in [-0.15, -0.1) is 0 Å². The summed E-state index contributed by atoms with van der Waals surface area (Å²) in [6.07, 6.45) is 7.89. The third kappa shape index (κ3) is 3.99. The molecule has 0 saturated heterocycles. The standard InChI is InChI=1S/C18H29NO/c1-3-14-4-9-17(13-19)16(12-14)8-5-15-6-10-18(20-2)11-7-15/h6-7,10-11,14,16-17H,3-5,8-9,12-13,19H2,1-2H3. The fourth-order valence-corrected chi connectivity index (χ4v) is 3.60. The van der Waals surface area contributed by atoms with Gasteiger partial charge in [-0.2, -0.15) is 0 Å². The molecule has 0 radical (unpaired) electrons. The van der Waals surface area contributed by atoms with Crippen molar-refractivity contribution in [3.63, 3.8) is 0 Å². The molecule has 1 aromatic rings. The zero-order valence-corrected chi connectivity index (χ0v) is 13.0. The van der Waals surface area contributed by atoms with Crippen LogP contribution in [0.5, 0.6) is 5.75 Å². The van der Waals surface area contributed by atoms with Gasteiger partial charge in [-0.05, 0) is 67.7 Å². The normalized spacial score (nSPS) is 26.4. The molecule has 2 rings (SSSR count). The first-order valence-electron chi connectivity index (χ1n) is 8.09. The summed E-state index contributed by atoms with van der Waals surface area (Å²) in [7, 11) is 1.72. The van der Waals surface area contributed by atoms with Crippen molar-refractivity contribution in [3.05, 3.63) is 29.8 Å². The van der Waals surface area contributed by atoms with E-state index in [-0.39, 0.29) is 0 Å². The minimum absolute atomic E-state index is 0.746. The van der Waals surface area contributed by atoms with Crippen LogP contribution in [0.3, 0.4) is 0 Å². The molecule has 0 aliphatic heterocycles. The maximum atomic E-state index is 5.97. The van der Waals surface area contributed by atoms with E-state index < -0.39 is 0 Å². The average molecular weight is 275 g/mol. The lowest BCUT2D eigenvalue weighted by molar-refractivity contribution is 0.171. The van der Waals surface area contributed by atoms with E-state index in [1.54, 1.807) is 7.11 Å². The Morgan fingerprint density at radius 1 is 1.15 bits per heavy atom. The highest BCUT2D eigenvalue weighted by molar-refractivity contribution is 5.27. The highest BCUT2D eigenvalue weighted by atomic mass is 16.5. The van der Waals surface area contributed by atoms with Crippen molar-refractivity contribution >= 4 is 0 Å². The van der Waals surface area contributed by atoms with E-state index in [9.17, 15) is 0 Å². The highest BCUT2D eigenvalue weighted by Gasteiger charge is 2.28. The maximum absolute atomic E-state index is 5.97. The van der Waals surface area contributed by atoms with E-state index in [4.69, 9.17) is 10.5 Å². The molecule has 1 saturated carbocycles. The number of hydrogen-bond donors (Lipinski definition) is 1. The van der Waals surface area contributed by atoms with Crippen molar-refractivity contribution in [1.82, 2.24) is 0 Å². The van der Waals surface area contributed by atoms with Gasteiger partial charge in [0.2, 0.25) is 0 Å². The zero-order chi connectivity index (χ0) is 14.4. The molecule has 1 aliphatic carbocycles. The Bertz CT molecular complexity index is 387. The smallest absolute Gasteiger partial charge is 0.118 e.